The number of ketones is 1. The lowest BCUT2D eigenvalue weighted by Crippen LogP contribution is -2.44. The van der Waals surface area contributed by atoms with Crippen LogP contribution in [0.3, 0.4) is 0 Å². The molecular weight excluding hydrogens is 330 g/mol. The Kier molecular flexibility index (Phi) is 9.37. The fourth-order valence-electron chi connectivity index (χ4n) is 2.47. The van der Waals surface area contributed by atoms with Crippen molar-refractivity contribution in [3.05, 3.63) is 29.8 Å². The maximum atomic E-state index is 11.8. The van der Waals surface area contributed by atoms with Crippen LogP contribution in [0.1, 0.15) is 23.7 Å². The number of amides is 1. The Balaban J connectivity index is 0.00000288. The summed E-state index contributed by atoms with van der Waals surface area (Å²) >= 11 is 0. The Hall–Kier alpha value is -1.63. The van der Waals surface area contributed by atoms with E-state index in [1.54, 1.807) is 24.3 Å². The number of halogens is 1. The Morgan fingerprint density at radius 3 is 2.75 bits per heavy atom. The van der Waals surface area contributed by atoms with Crippen LogP contribution in [0, 0.1) is 0 Å². The Morgan fingerprint density at radius 1 is 1.29 bits per heavy atom. The Labute approximate surface area is 149 Å². The molecule has 0 aromatic heterocycles. The first-order valence-corrected chi connectivity index (χ1v) is 8.09. The number of benzene rings is 1. The van der Waals surface area contributed by atoms with E-state index >= 15 is 0 Å². The average molecular weight is 356 g/mol. The van der Waals surface area contributed by atoms with E-state index in [4.69, 9.17) is 4.74 Å². The highest BCUT2D eigenvalue weighted by Gasteiger charge is 2.09. The molecule has 7 heteroatoms. The molecule has 1 aliphatic rings. The number of nitrogens with one attached hydrogen (secondary N) is 2. The van der Waals surface area contributed by atoms with Crippen molar-refractivity contribution in [2.45, 2.75) is 13.3 Å². The second-order valence-electron chi connectivity index (χ2n) is 5.67. The van der Waals surface area contributed by atoms with E-state index in [0.717, 1.165) is 39.1 Å². The quantitative estimate of drug-likeness (QED) is 0.540. The van der Waals surface area contributed by atoms with Gasteiger partial charge in [-0.3, -0.25) is 9.59 Å². The summed E-state index contributed by atoms with van der Waals surface area (Å²) in [5.74, 6) is 0.375. The number of ether oxygens (including phenoxy) is 1. The largest absolute Gasteiger partial charge is 0.484 e. The molecule has 6 nitrogen and oxygen atoms in total. The highest BCUT2D eigenvalue weighted by atomic mass is 35.5. The van der Waals surface area contributed by atoms with Crippen molar-refractivity contribution >= 4 is 24.1 Å². The third kappa shape index (κ3) is 7.29. The molecule has 1 aromatic carbocycles. The summed E-state index contributed by atoms with van der Waals surface area (Å²) in [6.07, 6.45) is 0.936. The van der Waals surface area contributed by atoms with Crippen LogP contribution in [0.15, 0.2) is 24.3 Å². The molecule has 0 spiro atoms. The van der Waals surface area contributed by atoms with Gasteiger partial charge < -0.3 is 20.3 Å². The molecule has 24 heavy (non-hydrogen) atoms. The van der Waals surface area contributed by atoms with Crippen molar-refractivity contribution < 1.29 is 14.3 Å². The Bertz CT molecular complexity index is 534. The van der Waals surface area contributed by atoms with E-state index in [9.17, 15) is 9.59 Å². The summed E-state index contributed by atoms with van der Waals surface area (Å²) in [7, 11) is 0. The standard InChI is InChI=1S/C17H25N3O3.ClH/c1-14(21)15-4-2-5-16(12-15)23-13-17(22)19-6-3-9-20-10-7-18-8-11-20;/h2,4-5,12,18H,3,6-11,13H2,1H3,(H,19,22);1H. The number of carbonyl (C=O) groups excluding carboxylic acids is 2. The minimum Gasteiger partial charge on any atom is -0.484 e. The fourth-order valence-corrected chi connectivity index (χ4v) is 2.47. The maximum absolute atomic E-state index is 11.8. The normalized spacial score (nSPS) is 14.5. The number of Topliss-reactive ketones (excluding diaryl/α,β-unsaturated/α-hetero) is 1. The molecule has 0 radical (unpaired) electrons. The van der Waals surface area contributed by atoms with Gasteiger partial charge in [0.15, 0.2) is 12.4 Å². The lowest BCUT2D eigenvalue weighted by atomic mass is 10.1. The topological polar surface area (TPSA) is 70.7 Å². The van der Waals surface area contributed by atoms with E-state index in [1.807, 2.05) is 0 Å². The van der Waals surface area contributed by atoms with Crippen LogP contribution in [0.2, 0.25) is 0 Å². The minimum atomic E-state index is -0.140. The molecule has 0 atom stereocenters. The van der Waals surface area contributed by atoms with Crippen molar-refractivity contribution in [3.63, 3.8) is 0 Å². The summed E-state index contributed by atoms with van der Waals surface area (Å²) in [6.45, 7) is 7.36. The third-order valence-electron chi connectivity index (χ3n) is 3.79. The molecule has 0 saturated carbocycles. The number of hydrogen-bond acceptors (Lipinski definition) is 5. The first kappa shape index (κ1) is 20.4. The predicted molar refractivity (Wildman–Crippen MR) is 96.1 cm³/mol. The van der Waals surface area contributed by atoms with E-state index in [0.29, 0.717) is 17.9 Å². The molecule has 1 aromatic rings. The monoisotopic (exact) mass is 355 g/mol. The number of hydrogen-bond donors (Lipinski definition) is 2. The number of rotatable bonds is 8. The van der Waals surface area contributed by atoms with Crippen LogP contribution in [0.4, 0.5) is 0 Å². The van der Waals surface area contributed by atoms with Crippen LogP contribution in [-0.2, 0) is 4.79 Å². The van der Waals surface area contributed by atoms with Crippen LogP contribution in [0.25, 0.3) is 0 Å². The molecule has 1 heterocycles. The first-order chi connectivity index (χ1) is 11.1. The van der Waals surface area contributed by atoms with Gasteiger partial charge in [-0.2, -0.15) is 0 Å². The van der Waals surface area contributed by atoms with Gasteiger partial charge in [-0.25, -0.2) is 0 Å². The Morgan fingerprint density at radius 2 is 2.04 bits per heavy atom. The van der Waals surface area contributed by atoms with Crippen molar-refractivity contribution in [2.75, 3.05) is 45.9 Å². The molecule has 2 N–H and O–H groups in total. The number of piperazine rings is 1. The van der Waals surface area contributed by atoms with Gasteiger partial charge in [0.25, 0.3) is 5.91 Å². The van der Waals surface area contributed by atoms with Crippen molar-refractivity contribution in [1.29, 1.82) is 0 Å². The SMILES string of the molecule is CC(=O)c1cccc(OCC(=O)NCCCN2CCNCC2)c1.Cl. The number of carbonyl (C=O) groups is 2. The van der Waals surface area contributed by atoms with E-state index in [1.165, 1.54) is 6.92 Å². The third-order valence-corrected chi connectivity index (χ3v) is 3.79. The summed E-state index contributed by atoms with van der Waals surface area (Å²) in [4.78, 5) is 25.5. The van der Waals surface area contributed by atoms with E-state index in [2.05, 4.69) is 15.5 Å². The molecule has 2 rings (SSSR count). The lowest BCUT2D eigenvalue weighted by Gasteiger charge is -2.27. The molecular formula is C17H26ClN3O3. The van der Waals surface area contributed by atoms with Crippen molar-refractivity contribution in [1.82, 2.24) is 15.5 Å². The average Bonchev–Trinajstić information content (AvgIpc) is 2.58. The van der Waals surface area contributed by atoms with Gasteiger partial charge in [0, 0.05) is 38.3 Å². The van der Waals surface area contributed by atoms with Crippen LogP contribution >= 0.6 is 12.4 Å². The fraction of sp³-hybridized carbons (Fsp3) is 0.529. The maximum Gasteiger partial charge on any atom is 0.257 e. The molecule has 0 unspecified atom stereocenters. The summed E-state index contributed by atoms with van der Waals surface area (Å²) in [6, 6.07) is 6.87. The van der Waals surface area contributed by atoms with Gasteiger partial charge in [0.1, 0.15) is 5.75 Å². The summed E-state index contributed by atoms with van der Waals surface area (Å²) in [5.41, 5.74) is 0.582. The van der Waals surface area contributed by atoms with Gasteiger partial charge in [-0.05, 0) is 32.0 Å². The predicted octanol–water partition coefficient (Wildman–Crippen LogP) is 1.10. The highest BCUT2D eigenvalue weighted by molar-refractivity contribution is 5.94. The molecule has 1 fully saturated rings. The van der Waals surface area contributed by atoms with Gasteiger partial charge >= 0.3 is 0 Å². The number of nitrogens with zero attached hydrogens (tertiary/aromatic N) is 1. The summed E-state index contributed by atoms with van der Waals surface area (Å²) in [5, 5.41) is 6.17. The van der Waals surface area contributed by atoms with Crippen molar-refractivity contribution in [2.24, 2.45) is 0 Å². The zero-order valence-electron chi connectivity index (χ0n) is 14.0. The van der Waals surface area contributed by atoms with Crippen molar-refractivity contribution in [3.8, 4) is 5.75 Å². The molecule has 1 amide bonds. The molecule has 0 aliphatic carbocycles. The summed E-state index contributed by atoms with van der Waals surface area (Å²) < 4.78 is 5.42. The minimum absolute atomic E-state index is 0. The second-order valence-corrected chi connectivity index (χ2v) is 5.67. The molecule has 1 aliphatic heterocycles. The van der Waals surface area contributed by atoms with Gasteiger partial charge in [0.2, 0.25) is 0 Å². The lowest BCUT2D eigenvalue weighted by molar-refractivity contribution is -0.123. The van der Waals surface area contributed by atoms with Gasteiger partial charge in [-0.15, -0.1) is 12.4 Å². The highest BCUT2D eigenvalue weighted by Crippen LogP contribution is 2.13. The van der Waals surface area contributed by atoms with E-state index < -0.39 is 0 Å². The molecule has 1 saturated heterocycles. The van der Waals surface area contributed by atoms with Gasteiger partial charge in [-0.1, -0.05) is 12.1 Å². The first-order valence-electron chi connectivity index (χ1n) is 8.09. The molecule has 0 bridgehead atoms. The smallest absolute Gasteiger partial charge is 0.257 e. The zero-order valence-corrected chi connectivity index (χ0v) is 14.9. The van der Waals surface area contributed by atoms with Gasteiger partial charge in [0.05, 0.1) is 0 Å². The van der Waals surface area contributed by atoms with E-state index in [-0.39, 0.29) is 30.7 Å². The zero-order chi connectivity index (χ0) is 16.5. The molecule has 134 valence electrons. The van der Waals surface area contributed by atoms with Crippen LogP contribution < -0.4 is 15.4 Å². The van der Waals surface area contributed by atoms with Crippen LogP contribution in [0.5, 0.6) is 5.75 Å². The second kappa shape index (κ2) is 11.0. The van der Waals surface area contributed by atoms with Crippen LogP contribution in [-0.4, -0.2) is 62.5 Å².